The van der Waals surface area contributed by atoms with Gasteiger partial charge in [0.25, 0.3) is 0 Å². The lowest BCUT2D eigenvalue weighted by molar-refractivity contribution is 0.432. The molecule has 0 fully saturated rings. The number of halogens is 2. The van der Waals surface area contributed by atoms with Gasteiger partial charge in [0.05, 0.1) is 0 Å². The maximum atomic E-state index is 12.4. The van der Waals surface area contributed by atoms with Gasteiger partial charge in [0.1, 0.15) is 0 Å². The normalized spacial score (nSPS) is 9.80. The number of hydrogen-bond acceptors (Lipinski definition) is 2. The summed E-state index contributed by atoms with van der Waals surface area (Å²) in [5.74, 6) is -1.04. The first kappa shape index (κ1) is 7.59. The first-order chi connectivity index (χ1) is 4.61. The van der Waals surface area contributed by atoms with Crippen molar-refractivity contribution in [3.63, 3.8) is 0 Å². The van der Waals surface area contributed by atoms with Gasteiger partial charge in [-0.05, 0) is 28.7 Å². The van der Waals surface area contributed by atoms with Crippen LogP contribution in [-0.2, 0) is 0 Å². The Hall–Kier alpha value is -0.520. The first-order valence-corrected chi connectivity index (χ1v) is 3.62. The second-order valence-corrected chi connectivity index (χ2v) is 2.99. The molecule has 0 aliphatic heterocycles. The number of hydrogen-bond donors (Lipinski definition) is 2. The highest BCUT2D eigenvalue weighted by Crippen LogP contribution is 2.23. The molecule has 4 heteroatoms. The van der Waals surface area contributed by atoms with Gasteiger partial charge in [-0.25, -0.2) is 4.39 Å². The number of phenolic OH excluding ortho intramolecular Hbond substituents is 1. The lowest BCUT2D eigenvalue weighted by atomic mass is 10.3. The van der Waals surface area contributed by atoms with Crippen LogP contribution in [0.3, 0.4) is 0 Å². The molecule has 10 heavy (non-hydrogen) atoms. The molecule has 0 heterocycles. The molecule has 0 aromatic heterocycles. The van der Waals surface area contributed by atoms with E-state index in [1.165, 1.54) is 12.1 Å². The highest BCUT2D eigenvalue weighted by atomic mass is 127. The second-order valence-electron chi connectivity index (χ2n) is 1.83. The van der Waals surface area contributed by atoms with Gasteiger partial charge in [-0.2, -0.15) is 0 Å². The van der Waals surface area contributed by atoms with Crippen LogP contribution in [0.2, 0.25) is 0 Å². The number of phenols is 1. The standard InChI is InChI=1S/C6H5FINO/c7-3-1-4(8)5(9)2-6(3)10/h1-2,10H,9H2. The smallest absolute Gasteiger partial charge is 0.166 e. The summed E-state index contributed by atoms with van der Waals surface area (Å²) in [7, 11) is 0. The summed E-state index contributed by atoms with van der Waals surface area (Å²) in [5.41, 5.74) is 5.74. The summed E-state index contributed by atoms with van der Waals surface area (Å²) in [6, 6.07) is 2.38. The summed E-state index contributed by atoms with van der Waals surface area (Å²) < 4.78 is 13.1. The maximum absolute atomic E-state index is 12.4. The Labute approximate surface area is 71.0 Å². The zero-order valence-corrected chi connectivity index (χ0v) is 7.09. The average molecular weight is 253 g/mol. The number of nitrogen functional groups attached to an aromatic ring is 1. The Morgan fingerprint density at radius 2 is 2.10 bits per heavy atom. The second kappa shape index (κ2) is 2.61. The van der Waals surface area contributed by atoms with Crippen molar-refractivity contribution in [3.8, 4) is 5.75 Å². The lowest BCUT2D eigenvalue weighted by Crippen LogP contribution is -1.89. The topological polar surface area (TPSA) is 46.2 Å². The van der Waals surface area contributed by atoms with Crippen LogP contribution in [0, 0.1) is 9.39 Å². The molecule has 1 aromatic carbocycles. The molecule has 0 aliphatic carbocycles. The third kappa shape index (κ3) is 1.31. The van der Waals surface area contributed by atoms with E-state index in [0.29, 0.717) is 9.26 Å². The summed E-state index contributed by atoms with van der Waals surface area (Å²) >= 11 is 1.89. The van der Waals surface area contributed by atoms with Crippen LogP contribution < -0.4 is 5.73 Å². The minimum atomic E-state index is -0.640. The fraction of sp³-hybridized carbons (Fsp3) is 0. The summed E-state index contributed by atoms with van der Waals surface area (Å²) in [6.45, 7) is 0. The zero-order chi connectivity index (χ0) is 7.72. The van der Waals surface area contributed by atoms with E-state index in [0.717, 1.165) is 0 Å². The molecule has 0 unspecified atom stereocenters. The predicted octanol–water partition coefficient (Wildman–Crippen LogP) is 1.72. The van der Waals surface area contributed by atoms with E-state index >= 15 is 0 Å². The van der Waals surface area contributed by atoms with E-state index in [2.05, 4.69) is 0 Å². The molecule has 0 bridgehead atoms. The summed E-state index contributed by atoms with van der Waals surface area (Å²) in [4.78, 5) is 0. The number of rotatable bonds is 0. The van der Waals surface area contributed by atoms with Gasteiger partial charge >= 0.3 is 0 Å². The van der Waals surface area contributed by atoms with Crippen LogP contribution in [0.1, 0.15) is 0 Å². The van der Waals surface area contributed by atoms with Crippen molar-refractivity contribution in [1.29, 1.82) is 0 Å². The number of aromatic hydroxyl groups is 1. The predicted molar refractivity (Wildman–Crippen MR) is 45.2 cm³/mol. The van der Waals surface area contributed by atoms with Crippen LogP contribution >= 0.6 is 22.6 Å². The van der Waals surface area contributed by atoms with Crippen molar-refractivity contribution in [2.24, 2.45) is 0 Å². The molecule has 0 aliphatic rings. The Morgan fingerprint density at radius 3 is 2.60 bits per heavy atom. The van der Waals surface area contributed by atoms with Gasteiger partial charge in [0, 0.05) is 15.3 Å². The summed E-state index contributed by atoms with van der Waals surface area (Å²) in [5, 5.41) is 8.77. The average Bonchev–Trinajstić information content (AvgIpc) is 1.84. The molecule has 0 saturated carbocycles. The first-order valence-electron chi connectivity index (χ1n) is 2.54. The Kier molecular flexibility index (Phi) is 1.98. The van der Waals surface area contributed by atoms with Crippen molar-refractivity contribution in [2.45, 2.75) is 0 Å². The molecule has 0 spiro atoms. The third-order valence-corrected chi connectivity index (χ3v) is 2.00. The molecule has 1 aromatic rings. The van der Waals surface area contributed by atoms with Gasteiger partial charge in [0.2, 0.25) is 0 Å². The Bertz CT molecular complexity index is 214. The van der Waals surface area contributed by atoms with Crippen molar-refractivity contribution in [3.05, 3.63) is 21.5 Å². The molecule has 0 radical (unpaired) electrons. The highest BCUT2D eigenvalue weighted by Gasteiger charge is 2.02. The van der Waals surface area contributed by atoms with E-state index in [-0.39, 0.29) is 0 Å². The van der Waals surface area contributed by atoms with E-state index in [1.54, 1.807) is 0 Å². The zero-order valence-electron chi connectivity index (χ0n) is 4.94. The molecule has 54 valence electrons. The van der Waals surface area contributed by atoms with Crippen molar-refractivity contribution in [1.82, 2.24) is 0 Å². The number of anilines is 1. The minimum Gasteiger partial charge on any atom is -0.505 e. The van der Waals surface area contributed by atoms with Crippen LogP contribution in [-0.4, -0.2) is 5.11 Å². The van der Waals surface area contributed by atoms with Gasteiger partial charge < -0.3 is 10.8 Å². The SMILES string of the molecule is Nc1cc(O)c(F)cc1I. The van der Waals surface area contributed by atoms with E-state index < -0.39 is 11.6 Å². The van der Waals surface area contributed by atoms with Crippen LogP contribution in [0.4, 0.5) is 10.1 Å². The van der Waals surface area contributed by atoms with Gasteiger partial charge in [-0.15, -0.1) is 0 Å². The van der Waals surface area contributed by atoms with Crippen LogP contribution in [0.15, 0.2) is 12.1 Å². The number of benzene rings is 1. The monoisotopic (exact) mass is 253 g/mol. The molecular formula is C6H5FINO. The molecule has 0 saturated heterocycles. The fourth-order valence-electron chi connectivity index (χ4n) is 0.554. The van der Waals surface area contributed by atoms with Crippen LogP contribution in [0.25, 0.3) is 0 Å². The van der Waals surface area contributed by atoms with Gasteiger partial charge in [-0.3, -0.25) is 0 Å². The molecule has 1 rings (SSSR count). The minimum absolute atomic E-state index is 0.388. The van der Waals surface area contributed by atoms with E-state index in [4.69, 9.17) is 10.8 Å². The van der Waals surface area contributed by atoms with Crippen molar-refractivity contribution in [2.75, 3.05) is 5.73 Å². The van der Waals surface area contributed by atoms with E-state index in [9.17, 15) is 4.39 Å². The number of nitrogens with two attached hydrogens (primary N) is 1. The largest absolute Gasteiger partial charge is 0.505 e. The van der Waals surface area contributed by atoms with Gasteiger partial charge in [0.15, 0.2) is 11.6 Å². The molecule has 0 atom stereocenters. The Balaban J connectivity index is 3.28. The third-order valence-electron chi connectivity index (χ3n) is 1.07. The van der Waals surface area contributed by atoms with Crippen LogP contribution in [0.5, 0.6) is 5.75 Å². The molecular weight excluding hydrogens is 248 g/mol. The lowest BCUT2D eigenvalue weighted by Gasteiger charge is -1.98. The fourth-order valence-corrected chi connectivity index (χ4v) is 0.983. The van der Waals surface area contributed by atoms with Crippen molar-refractivity contribution < 1.29 is 9.50 Å². The highest BCUT2D eigenvalue weighted by molar-refractivity contribution is 14.1. The summed E-state index contributed by atoms with van der Waals surface area (Å²) in [6.07, 6.45) is 0. The molecule has 0 amide bonds. The van der Waals surface area contributed by atoms with E-state index in [1.807, 2.05) is 22.6 Å². The Morgan fingerprint density at radius 1 is 1.50 bits per heavy atom. The maximum Gasteiger partial charge on any atom is 0.166 e. The molecule has 2 nitrogen and oxygen atoms in total. The van der Waals surface area contributed by atoms with Crippen molar-refractivity contribution >= 4 is 28.3 Å². The quantitative estimate of drug-likeness (QED) is 0.546. The van der Waals surface area contributed by atoms with Gasteiger partial charge in [-0.1, -0.05) is 0 Å². The molecule has 3 N–H and O–H groups in total.